The Morgan fingerprint density at radius 1 is 0.667 bits per heavy atom. The van der Waals surface area contributed by atoms with E-state index in [4.69, 9.17) is 31.6 Å². The number of nitriles is 4. The normalized spacial score (nSPS) is 14.7. The lowest BCUT2D eigenvalue weighted by Crippen LogP contribution is -2.01. The molecule has 3 aromatic rings. The van der Waals surface area contributed by atoms with Crippen molar-refractivity contribution < 1.29 is 13.2 Å². The molecule has 13 heteroatoms. The highest BCUT2D eigenvalue weighted by Crippen LogP contribution is 2.56. The highest BCUT2D eigenvalue weighted by Gasteiger charge is 2.41. The standard InChI is InChI=1S/C32H5F3N10/c1-40-20(12-38)24-18-9-17-19(11-37)23(15-6-5-14(10-36)44-31(15)34)28(21(13-39)41-2)25(17)29(33)27(18)30(43-4)26(24)16-7-8-22(42-3)45-32(16)35/h5-9H/b24-20-,28-21-. The summed E-state index contributed by atoms with van der Waals surface area (Å²) in [4.78, 5) is 19.8. The van der Waals surface area contributed by atoms with Gasteiger partial charge in [0.05, 0.1) is 37.4 Å². The van der Waals surface area contributed by atoms with Gasteiger partial charge in [-0.3, -0.25) is 0 Å². The lowest BCUT2D eigenvalue weighted by Gasteiger charge is -2.13. The smallest absolute Gasteiger partial charge is 0.308 e. The molecule has 0 saturated carbocycles. The predicted octanol–water partition coefficient (Wildman–Crippen LogP) is 6.87. The van der Waals surface area contributed by atoms with E-state index in [1.807, 2.05) is 6.07 Å². The maximum absolute atomic E-state index is 16.9. The van der Waals surface area contributed by atoms with Gasteiger partial charge < -0.3 is 4.85 Å². The van der Waals surface area contributed by atoms with E-state index in [0.717, 1.165) is 30.3 Å². The molecular formula is C32H5F3N10. The third-order valence-corrected chi connectivity index (χ3v) is 6.86. The number of pyridine rings is 2. The van der Waals surface area contributed by atoms with Crippen molar-refractivity contribution in [3.05, 3.63) is 144 Å². The van der Waals surface area contributed by atoms with Gasteiger partial charge in [-0.2, -0.15) is 19.3 Å². The van der Waals surface area contributed by atoms with Gasteiger partial charge in [-0.25, -0.2) is 34.4 Å². The summed E-state index contributed by atoms with van der Waals surface area (Å²) in [6, 6.07) is 12.3. The Balaban J connectivity index is 1.98. The van der Waals surface area contributed by atoms with Crippen molar-refractivity contribution in [1.29, 1.82) is 21.0 Å². The minimum absolute atomic E-state index is 0.262. The van der Waals surface area contributed by atoms with Gasteiger partial charge in [0.1, 0.15) is 23.6 Å². The van der Waals surface area contributed by atoms with Crippen molar-refractivity contribution in [2.24, 2.45) is 0 Å². The SMILES string of the molecule is [C-]#[N+]C1=C(c2ccc([N+]#[C-])nc2F)/C(=C(/C#N)[N+]#[C-])c2cc3c(c(F)c21)/C(=C(/C#N)[N+]#[C-])C(c1ccc(C#N)nc1F)=C3C#N. The monoisotopic (exact) mass is 586 g/mol. The van der Waals surface area contributed by atoms with Crippen LogP contribution >= 0.6 is 0 Å². The first-order chi connectivity index (χ1) is 21.7. The summed E-state index contributed by atoms with van der Waals surface area (Å²) >= 11 is 0. The molecule has 5 rings (SSSR count). The number of halogens is 3. The third-order valence-electron chi connectivity index (χ3n) is 6.86. The average molecular weight is 586 g/mol. The Hall–Kier alpha value is -7.81. The second-order valence-corrected chi connectivity index (χ2v) is 8.89. The number of benzene rings is 1. The van der Waals surface area contributed by atoms with Crippen molar-refractivity contribution in [3.63, 3.8) is 0 Å². The van der Waals surface area contributed by atoms with Gasteiger partial charge in [0.2, 0.25) is 11.6 Å². The van der Waals surface area contributed by atoms with Crippen LogP contribution in [0.3, 0.4) is 0 Å². The molecule has 0 aliphatic heterocycles. The summed E-state index contributed by atoms with van der Waals surface area (Å²) in [7, 11) is 0. The number of aromatic nitrogens is 2. The van der Waals surface area contributed by atoms with Crippen LogP contribution in [0.1, 0.15) is 39.1 Å². The van der Waals surface area contributed by atoms with Crippen LogP contribution in [0.5, 0.6) is 0 Å². The average Bonchev–Trinajstić information content (AvgIpc) is 3.55. The highest BCUT2D eigenvalue weighted by molar-refractivity contribution is 6.29. The summed E-state index contributed by atoms with van der Waals surface area (Å²) < 4.78 is 47.4. The zero-order valence-corrected chi connectivity index (χ0v) is 22.0. The molecule has 2 aromatic heterocycles. The fraction of sp³-hybridized carbons (Fsp3) is 0. The van der Waals surface area contributed by atoms with Gasteiger partial charge in [-0.1, -0.05) is 17.6 Å². The Morgan fingerprint density at radius 3 is 1.82 bits per heavy atom. The van der Waals surface area contributed by atoms with Crippen molar-refractivity contribution in [3.8, 4) is 24.3 Å². The van der Waals surface area contributed by atoms with E-state index in [0.29, 0.717) is 0 Å². The second kappa shape index (κ2) is 10.9. The topological polar surface area (TPSA) is 138 Å². The molecule has 0 amide bonds. The maximum Gasteiger partial charge on any atom is 0.308 e. The largest absolute Gasteiger partial charge is 0.361 e. The molecule has 45 heavy (non-hydrogen) atoms. The number of nitrogens with zero attached hydrogens (tertiary/aromatic N) is 10. The van der Waals surface area contributed by atoms with E-state index < -0.39 is 68.2 Å². The number of allylic oxidation sites excluding steroid dienone is 7. The summed E-state index contributed by atoms with van der Waals surface area (Å²) in [5.41, 5.74) is -6.79. The fourth-order valence-electron chi connectivity index (χ4n) is 5.16. The zero-order valence-electron chi connectivity index (χ0n) is 22.0. The Kier molecular flexibility index (Phi) is 6.94. The van der Waals surface area contributed by atoms with Crippen LogP contribution in [0.2, 0.25) is 0 Å². The van der Waals surface area contributed by atoms with E-state index >= 15 is 13.2 Å². The molecule has 0 radical (unpaired) electrons. The minimum atomic E-state index is -1.27. The second-order valence-electron chi connectivity index (χ2n) is 8.89. The van der Waals surface area contributed by atoms with Gasteiger partial charge in [0, 0.05) is 39.0 Å². The van der Waals surface area contributed by atoms with Crippen LogP contribution in [0.25, 0.3) is 52.9 Å². The van der Waals surface area contributed by atoms with Crippen molar-refractivity contribution in [2.75, 3.05) is 0 Å². The lowest BCUT2D eigenvalue weighted by molar-refractivity contribution is 0.579. The van der Waals surface area contributed by atoms with Gasteiger partial charge >= 0.3 is 5.95 Å². The highest BCUT2D eigenvalue weighted by atomic mass is 19.1. The molecule has 2 aliphatic rings. The number of hydrogen-bond acceptors (Lipinski definition) is 6. The zero-order chi connectivity index (χ0) is 32.6. The van der Waals surface area contributed by atoms with E-state index in [9.17, 15) is 15.8 Å². The number of rotatable bonds is 2. The van der Waals surface area contributed by atoms with Crippen LogP contribution in [0.4, 0.5) is 19.0 Å². The summed E-state index contributed by atoms with van der Waals surface area (Å²) in [5.74, 6) is -4.11. The van der Waals surface area contributed by atoms with Crippen molar-refractivity contribution in [2.45, 2.75) is 0 Å². The molecule has 2 aliphatic carbocycles. The van der Waals surface area contributed by atoms with Crippen LogP contribution < -0.4 is 0 Å². The first-order valence-corrected chi connectivity index (χ1v) is 12.0. The van der Waals surface area contributed by atoms with E-state index in [1.54, 1.807) is 18.2 Å². The number of fused-ring (bicyclic) bond motifs is 2. The van der Waals surface area contributed by atoms with Gasteiger partial charge in [0.25, 0.3) is 17.2 Å². The molecule has 0 unspecified atom stereocenters. The minimum Gasteiger partial charge on any atom is -0.361 e. The van der Waals surface area contributed by atoms with Gasteiger partial charge in [-0.05, 0) is 41.0 Å². The molecule has 204 valence electrons. The third kappa shape index (κ3) is 4.05. The van der Waals surface area contributed by atoms with Crippen LogP contribution in [0, 0.1) is 89.3 Å². The quantitative estimate of drug-likeness (QED) is 0.182. The Morgan fingerprint density at radius 2 is 1.29 bits per heavy atom. The van der Waals surface area contributed by atoms with E-state index in [2.05, 4.69) is 29.3 Å². The predicted molar refractivity (Wildman–Crippen MR) is 150 cm³/mol. The summed E-state index contributed by atoms with van der Waals surface area (Å²) in [6.45, 7) is 30.1. The molecule has 0 N–H and O–H groups in total. The van der Waals surface area contributed by atoms with Crippen molar-refractivity contribution >= 4 is 39.4 Å². The molecular weight excluding hydrogens is 581 g/mol. The Labute approximate surface area is 252 Å². The molecule has 0 atom stereocenters. The number of hydrogen-bond donors (Lipinski definition) is 0. The molecule has 1 aromatic carbocycles. The maximum atomic E-state index is 16.9. The summed E-state index contributed by atoms with van der Waals surface area (Å²) in [6.07, 6.45) is 0. The van der Waals surface area contributed by atoms with E-state index in [1.165, 1.54) is 0 Å². The first kappa shape index (κ1) is 28.7. The fourth-order valence-corrected chi connectivity index (χ4v) is 5.16. The Bertz CT molecular complexity index is 2410. The molecule has 2 heterocycles. The van der Waals surface area contributed by atoms with Crippen molar-refractivity contribution in [1.82, 2.24) is 9.97 Å². The van der Waals surface area contributed by atoms with Crippen LogP contribution in [0.15, 0.2) is 41.7 Å². The van der Waals surface area contributed by atoms with Gasteiger partial charge in [0.15, 0.2) is 0 Å². The molecule has 10 nitrogen and oxygen atoms in total. The molecule has 0 bridgehead atoms. The first-order valence-electron chi connectivity index (χ1n) is 12.0. The lowest BCUT2D eigenvalue weighted by atomic mass is 9.91. The van der Waals surface area contributed by atoms with Crippen LogP contribution in [-0.2, 0) is 0 Å². The van der Waals surface area contributed by atoms with Gasteiger partial charge in [-0.15, -0.1) is 0 Å². The van der Waals surface area contributed by atoms with Crippen LogP contribution in [-0.4, -0.2) is 9.97 Å². The van der Waals surface area contributed by atoms with E-state index in [-0.39, 0.29) is 39.4 Å². The summed E-state index contributed by atoms with van der Waals surface area (Å²) in [5, 5.41) is 39.0. The molecule has 0 saturated heterocycles. The molecule has 0 spiro atoms. The molecule has 0 fully saturated rings.